The van der Waals surface area contributed by atoms with E-state index in [2.05, 4.69) is 30.2 Å². The molecule has 2 aromatic heterocycles. The largest absolute Gasteiger partial charge is 0.339 e. The van der Waals surface area contributed by atoms with Crippen molar-refractivity contribution >= 4 is 5.91 Å². The van der Waals surface area contributed by atoms with Gasteiger partial charge in [-0.25, -0.2) is 0 Å². The maximum absolute atomic E-state index is 12.2. The lowest BCUT2D eigenvalue weighted by Crippen LogP contribution is -2.31. The van der Waals surface area contributed by atoms with Crippen LogP contribution in [0.4, 0.5) is 0 Å². The highest BCUT2D eigenvalue weighted by atomic mass is 16.5. The Kier molecular flexibility index (Phi) is 4.17. The van der Waals surface area contributed by atoms with Crippen LogP contribution in [0.25, 0.3) is 0 Å². The maximum atomic E-state index is 12.2. The second-order valence-corrected chi connectivity index (χ2v) is 5.51. The van der Waals surface area contributed by atoms with Gasteiger partial charge < -0.3 is 14.4 Å². The number of rotatable bonds is 4. The van der Waals surface area contributed by atoms with Crippen LogP contribution in [0.15, 0.2) is 4.52 Å². The molecule has 1 unspecified atom stereocenters. The quantitative estimate of drug-likeness (QED) is 0.920. The lowest BCUT2D eigenvalue weighted by molar-refractivity contribution is 0.0919. The molecule has 3 heterocycles. The van der Waals surface area contributed by atoms with Gasteiger partial charge in [0.15, 0.2) is 5.82 Å². The van der Waals surface area contributed by atoms with Gasteiger partial charge in [0.2, 0.25) is 5.89 Å². The van der Waals surface area contributed by atoms with E-state index in [4.69, 9.17) is 4.52 Å². The lowest BCUT2D eigenvalue weighted by Gasteiger charge is -2.16. The van der Waals surface area contributed by atoms with Gasteiger partial charge in [0, 0.05) is 19.9 Å². The summed E-state index contributed by atoms with van der Waals surface area (Å²) in [6, 6.07) is -0.203. The third kappa shape index (κ3) is 2.86. The second-order valence-electron chi connectivity index (χ2n) is 5.51. The molecule has 1 N–H and O–H groups in total. The Morgan fingerprint density at radius 2 is 2.23 bits per heavy atom. The van der Waals surface area contributed by atoms with E-state index in [1.54, 1.807) is 6.92 Å². The van der Waals surface area contributed by atoms with E-state index in [1.807, 2.05) is 6.92 Å². The molecule has 0 saturated carbocycles. The first-order chi connectivity index (χ1) is 10.7. The van der Waals surface area contributed by atoms with Crippen molar-refractivity contribution < 1.29 is 9.32 Å². The molecule has 3 rings (SSSR count). The number of aryl methyl sites for hydroxylation is 2. The summed E-state index contributed by atoms with van der Waals surface area (Å²) in [4.78, 5) is 16.2. The minimum atomic E-state index is -0.352. The van der Waals surface area contributed by atoms with Crippen molar-refractivity contribution in [2.24, 2.45) is 0 Å². The fourth-order valence-corrected chi connectivity index (χ4v) is 2.73. The number of nitrogens with zero attached hydrogens (tertiary/aromatic N) is 5. The van der Waals surface area contributed by atoms with Gasteiger partial charge in [-0.15, -0.1) is 10.2 Å². The Balaban J connectivity index is 1.79. The van der Waals surface area contributed by atoms with Crippen LogP contribution in [0, 0.1) is 6.92 Å². The summed E-state index contributed by atoms with van der Waals surface area (Å²) in [6.45, 7) is 4.57. The summed E-state index contributed by atoms with van der Waals surface area (Å²) in [5.74, 6) is 1.89. The number of hydrogen-bond donors (Lipinski definition) is 1. The van der Waals surface area contributed by atoms with Gasteiger partial charge >= 0.3 is 0 Å². The summed E-state index contributed by atoms with van der Waals surface area (Å²) in [7, 11) is 0. The van der Waals surface area contributed by atoms with Crippen molar-refractivity contribution in [1.29, 1.82) is 0 Å². The first kappa shape index (κ1) is 14.7. The zero-order valence-electron chi connectivity index (χ0n) is 12.9. The molecule has 8 nitrogen and oxygen atoms in total. The van der Waals surface area contributed by atoms with E-state index in [0.29, 0.717) is 5.89 Å². The molecule has 1 amide bonds. The summed E-state index contributed by atoms with van der Waals surface area (Å²) >= 11 is 0. The van der Waals surface area contributed by atoms with Gasteiger partial charge in [0.05, 0.1) is 6.04 Å². The van der Waals surface area contributed by atoms with Crippen LogP contribution < -0.4 is 5.32 Å². The van der Waals surface area contributed by atoms with E-state index in [9.17, 15) is 4.79 Å². The highest BCUT2D eigenvalue weighted by molar-refractivity contribution is 5.90. The molecular formula is C14H20N6O2. The highest BCUT2D eigenvalue weighted by Crippen LogP contribution is 2.21. The molecule has 1 aliphatic rings. The summed E-state index contributed by atoms with van der Waals surface area (Å²) < 4.78 is 6.99. The number of aromatic nitrogens is 5. The minimum Gasteiger partial charge on any atom is -0.339 e. The first-order valence-electron chi connectivity index (χ1n) is 7.72. The molecule has 0 fully saturated rings. The van der Waals surface area contributed by atoms with Crippen molar-refractivity contribution in [3.05, 3.63) is 23.4 Å². The van der Waals surface area contributed by atoms with Gasteiger partial charge in [-0.2, -0.15) is 4.98 Å². The van der Waals surface area contributed by atoms with Crippen LogP contribution in [0.1, 0.15) is 66.8 Å². The molecule has 0 bridgehead atoms. The van der Waals surface area contributed by atoms with E-state index < -0.39 is 0 Å². The second kappa shape index (κ2) is 6.25. The predicted molar refractivity (Wildman–Crippen MR) is 77.1 cm³/mol. The molecule has 1 atom stereocenters. The molecule has 0 aromatic carbocycles. The molecule has 2 aromatic rings. The molecule has 0 spiro atoms. The number of fused-ring (bicyclic) bond motifs is 1. The molecular weight excluding hydrogens is 284 g/mol. The molecule has 0 radical (unpaired) electrons. The fraction of sp³-hybridized carbons (Fsp3) is 0.643. The summed E-state index contributed by atoms with van der Waals surface area (Å²) in [5, 5.41) is 15.1. The number of nitrogens with one attached hydrogen (secondary N) is 1. The number of hydrogen-bond acceptors (Lipinski definition) is 6. The SMILES string of the molecule is CCC(NC(=O)c1noc(C)n1)c1nnc2n1CCCCC2. The average molecular weight is 304 g/mol. The van der Waals surface area contributed by atoms with Gasteiger partial charge in [0.25, 0.3) is 11.7 Å². The normalized spacial score (nSPS) is 15.9. The van der Waals surface area contributed by atoms with Gasteiger partial charge in [-0.05, 0) is 19.3 Å². The highest BCUT2D eigenvalue weighted by Gasteiger charge is 2.24. The Morgan fingerprint density at radius 3 is 2.95 bits per heavy atom. The maximum Gasteiger partial charge on any atom is 0.293 e. The van der Waals surface area contributed by atoms with Crippen molar-refractivity contribution in [1.82, 2.24) is 30.2 Å². The van der Waals surface area contributed by atoms with Crippen molar-refractivity contribution in [2.45, 2.75) is 58.5 Å². The van der Waals surface area contributed by atoms with Crippen LogP contribution in [-0.4, -0.2) is 30.8 Å². The molecule has 0 aliphatic carbocycles. The van der Waals surface area contributed by atoms with Crippen molar-refractivity contribution in [3.63, 3.8) is 0 Å². The predicted octanol–water partition coefficient (Wildman–Crippen LogP) is 1.58. The van der Waals surface area contributed by atoms with Crippen LogP contribution >= 0.6 is 0 Å². The fourth-order valence-electron chi connectivity index (χ4n) is 2.73. The topological polar surface area (TPSA) is 98.7 Å². The first-order valence-corrected chi connectivity index (χ1v) is 7.72. The lowest BCUT2D eigenvalue weighted by atomic mass is 10.2. The molecule has 22 heavy (non-hydrogen) atoms. The molecule has 1 aliphatic heterocycles. The minimum absolute atomic E-state index is 0.0477. The zero-order valence-corrected chi connectivity index (χ0v) is 12.9. The number of carbonyl (C=O) groups is 1. The standard InChI is InChI=1S/C14H20N6O2/c1-3-10(16-14(21)12-15-9(2)22-19-12)13-18-17-11-7-5-4-6-8-20(11)13/h10H,3-8H2,1-2H3,(H,16,21). The monoisotopic (exact) mass is 304 g/mol. The Labute approximate surface area is 128 Å². The van der Waals surface area contributed by atoms with Crippen LogP contribution in [0.3, 0.4) is 0 Å². The third-order valence-corrected chi connectivity index (χ3v) is 3.89. The van der Waals surface area contributed by atoms with E-state index in [0.717, 1.165) is 43.9 Å². The van der Waals surface area contributed by atoms with Gasteiger partial charge in [-0.1, -0.05) is 18.5 Å². The van der Waals surface area contributed by atoms with Crippen molar-refractivity contribution in [3.8, 4) is 0 Å². The molecule has 118 valence electrons. The Morgan fingerprint density at radius 1 is 1.36 bits per heavy atom. The average Bonchev–Trinajstić information content (AvgIpc) is 3.05. The van der Waals surface area contributed by atoms with Crippen LogP contribution in [0.2, 0.25) is 0 Å². The van der Waals surface area contributed by atoms with Gasteiger partial charge in [0.1, 0.15) is 5.82 Å². The third-order valence-electron chi connectivity index (χ3n) is 3.89. The summed E-state index contributed by atoms with van der Waals surface area (Å²) in [6.07, 6.45) is 5.13. The zero-order chi connectivity index (χ0) is 15.5. The van der Waals surface area contributed by atoms with Crippen LogP contribution in [0.5, 0.6) is 0 Å². The smallest absolute Gasteiger partial charge is 0.293 e. The molecule has 0 saturated heterocycles. The summed E-state index contributed by atoms with van der Waals surface area (Å²) in [5.41, 5.74) is 0. The van der Waals surface area contributed by atoms with E-state index in [-0.39, 0.29) is 17.8 Å². The van der Waals surface area contributed by atoms with Crippen LogP contribution in [-0.2, 0) is 13.0 Å². The van der Waals surface area contributed by atoms with Crippen molar-refractivity contribution in [2.75, 3.05) is 0 Å². The Hall–Kier alpha value is -2.25. The number of amides is 1. The van der Waals surface area contributed by atoms with E-state index in [1.165, 1.54) is 6.42 Å². The van der Waals surface area contributed by atoms with Gasteiger partial charge in [-0.3, -0.25) is 4.79 Å². The number of carbonyl (C=O) groups excluding carboxylic acids is 1. The Bertz CT molecular complexity index is 662. The molecule has 8 heteroatoms. The van der Waals surface area contributed by atoms with E-state index >= 15 is 0 Å².